The molecule has 0 aliphatic carbocycles. The summed E-state index contributed by atoms with van der Waals surface area (Å²) in [5.41, 5.74) is 4.40. The highest BCUT2D eigenvalue weighted by atomic mass is 16.6. The zero-order valence-corrected chi connectivity index (χ0v) is 9.68. The molecule has 2 heterocycles. The predicted octanol–water partition coefficient (Wildman–Crippen LogP) is -2.62. The van der Waals surface area contributed by atoms with Gasteiger partial charge in [0, 0.05) is 24.3 Å². The molecule has 0 atom stereocenters. The van der Waals surface area contributed by atoms with E-state index in [0.717, 1.165) is 29.2 Å². The number of amides is 2. The van der Waals surface area contributed by atoms with E-state index in [1.54, 1.807) is 0 Å². The number of ether oxygens (including phenoxy) is 1. The number of aliphatic hydroxyl groups is 2. The zero-order valence-electron chi connectivity index (χ0n) is 9.68. The molecule has 0 aromatic heterocycles. The maximum atomic E-state index is 10.5. The molecule has 2 aliphatic rings. The molecule has 2 aliphatic heterocycles. The van der Waals surface area contributed by atoms with E-state index < -0.39 is 30.5 Å². The Morgan fingerprint density at radius 2 is 1.32 bits per heavy atom. The Hall–Kier alpha value is -2.36. The number of carbonyl (C=O) groups excluding carboxylic acids is 4. The van der Waals surface area contributed by atoms with E-state index >= 15 is 0 Å². The molecule has 0 spiro atoms. The van der Waals surface area contributed by atoms with Gasteiger partial charge in [-0.05, 0) is 0 Å². The Bertz CT molecular complexity index is 394. The number of hydrogen-bond acceptors (Lipinski definition) is 8. The van der Waals surface area contributed by atoms with Gasteiger partial charge in [0.2, 0.25) is 0 Å². The molecule has 0 aromatic rings. The zero-order chi connectivity index (χ0) is 14.8. The standard InChI is InChI=1S/C5H5NO3.C4H2O3.CH5NO/c7-3-6-4(8)1-2-5(6)9;5-3-1-2-4(6)7-3;2-1-3/h1-2,7H,3H2;1-2H;3H,1-2H2. The lowest BCUT2D eigenvalue weighted by Crippen LogP contribution is -2.30. The van der Waals surface area contributed by atoms with Crippen LogP contribution in [0.1, 0.15) is 0 Å². The lowest BCUT2D eigenvalue weighted by molar-refractivity contribution is -0.150. The molecule has 4 N–H and O–H groups in total. The lowest BCUT2D eigenvalue weighted by Gasteiger charge is -2.06. The third-order valence-corrected chi connectivity index (χ3v) is 1.60. The predicted molar refractivity (Wildman–Crippen MR) is 59.6 cm³/mol. The first-order valence-corrected chi connectivity index (χ1v) is 4.85. The van der Waals surface area contributed by atoms with Crippen LogP contribution in [0.3, 0.4) is 0 Å². The largest absolute Gasteiger partial charge is 0.387 e. The second-order valence-electron chi connectivity index (χ2n) is 2.84. The summed E-state index contributed by atoms with van der Waals surface area (Å²) in [6.45, 7) is -0.787. The molecule has 0 saturated carbocycles. The Balaban J connectivity index is 0.000000289. The first-order valence-electron chi connectivity index (χ1n) is 4.85. The van der Waals surface area contributed by atoms with Crippen molar-refractivity contribution in [3.8, 4) is 0 Å². The van der Waals surface area contributed by atoms with Gasteiger partial charge in [-0.25, -0.2) is 9.59 Å². The fourth-order valence-electron chi connectivity index (χ4n) is 0.874. The van der Waals surface area contributed by atoms with Crippen LogP contribution in [0.15, 0.2) is 24.3 Å². The summed E-state index contributed by atoms with van der Waals surface area (Å²) in [5, 5.41) is 15.7. The minimum Gasteiger partial charge on any atom is -0.387 e. The van der Waals surface area contributed by atoms with Crippen LogP contribution in [0.25, 0.3) is 0 Å². The molecular weight excluding hydrogens is 260 g/mol. The fourth-order valence-corrected chi connectivity index (χ4v) is 0.874. The van der Waals surface area contributed by atoms with Crippen LogP contribution in [0.5, 0.6) is 0 Å². The van der Waals surface area contributed by atoms with Gasteiger partial charge in [-0.3, -0.25) is 14.5 Å². The molecule has 9 heteroatoms. The lowest BCUT2D eigenvalue weighted by atomic mass is 10.6. The van der Waals surface area contributed by atoms with Crippen molar-refractivity contribution >= 4 is 23.8 Å². The van der Waals surface area contributed by atoms with E-state index in [0.29, 0.717) is 0 Å². The summed E-state index contributed by atoms with van der Waals surface area (Å²) in [7, 11) is 0. The number of hydrogen-bond donors (Lipinski definition) is 3. The number of imide groups is 1. The van der Waals surface area contributed by atoms with Gasteiger partial charge >= 0.3 is 11.9 Å². The maximum absolute atomic E-state index is 10.5. The SMILES string of the molecule is NCO.O=C1C=CC(=O)N1CO.O=C1C=CC(=O)O1. The van der Waals surface area contributed by atoms with Crippen molar-refractivity contribution < 1.29 is 34.1 Å². The second kappa shape index (κ2) is 8.69. The minimum atomic E-state index is -0.579. The van der Waals surface area contributed by atoms with Crippen LogP contribution < -0.4 is 5.73 Å². The molecule has 9 nitrogen and oxygen atoms in total. The molecule has 104 valence electrons. The van der Waals surface area contributed by atoms with Gasteiger partial charge in [-0.1, -0.05) is 0 Å². The molecule has 0 unspecified atom stereocenters. The monoisotopic (exact) mass is 272 g/mol. The molecule has 0 radical (unpaired) electrons. The van der Waals surface area contributed by atoms with Gasteiger partial charge in [0.25, 0.3) is 11.8 Å². The maximum Gasteiger partial charge on any atom is 0.338 e. The van der Waals surface area contributed by atoms with E-state index in [1.807, 2.05) is 0 Å². The van der Waals surface area contributed by atoms with Crippen molar-refractivity contribution in [2.24, 2.45) is 5.73 Å². The number of esters is 2. The highest BCUT2D eigenvalue weighted by Gasteiger charge is 2.21. The van der Waals surface area contributed by atoms with Crippen LogP contribution in [-0.4, -0.2) is 52.3 Å². The molecule has 0 saturated heterocycles. The molecule has 19 heavy (non-hydrogen) atoms. The van der Waals surface area contributed by atoms with Gasteiger partial charge in [0.1, 0.15) is 6.73 Å². The van der Waals surface area contributed by atoms with E-state index in [9.17, 15) is 19.2 Å². The molecule has 0 aromatic carbocycles. The summed E-state index contributed by atoms with van der Waals surface area (Å²) < 4.78 is 3.97. The minimum absolute atomic E-state index is 0.250. The summed E-state index contributed by atoms with van der Waals surface area (Å²) in [5.74, 6) is -2.07. The van der Waals surface area contributed by atoms with Gasteiger partial charge < -0.3 is 20.7 Å². The van der Waals surface area contributed by atoms with Gasteiger partial charge in [-0.2, -0.15) is 0 Å². The average molecular weight is 272 g/mol. The summed E-state index contributed by atoms with van der Waals surface area (Å²) in [6.07, 6.45) is 4.42. The van der Waals surface area contributed by atoms with Gasteiger partial charge in [0.15, 0.2) is 0 Å². The Labute approximate surface area is 107 Å². The Morgan fingerprint density at radius 1 is 0.947 bits per heavy atom. The van der Waals surface area contributed by atoms with Crippen LogP contribution >= 0.6 is 0 Å². The third kappa shape index (κ3) is 6.21. The van der Waals surface area contributed by atoms with Gasteiger partial charge in [-0.15, -0.1) is 0 Å². The highest BCUT2D eigenvalue weighted by molar-refractivity contribution is 6.12. The van der Waals surface area contributed by atoms with E-state index in [4.69, 9.17) is 10.2 Å². The van der Waals surface area contributed by atoms with Gasteiger partial charge in [0.05, 0.1) is 6.73 Å². The van der Waals surface area contributed by atoms with E-state index in [1.165, 1.54) is 0 Å². The topological polar surface area (TPSA) is 147 Å². The highest BCUT2D eigenvalue weighted by Crippen LogP contribution is 2.00. The number of rotatable bonds is 1. The molecule has 0 fully saturated rings. The summed E-state index contributed by atoms with van der Waals surface area (Å²) >= 11 is 0. The second-order valence-corrected chi connectivity index (χ2v) is 2.84. The van der Waals surface area contributed by atoms with Crippen LogP contribution in [0.4, 0.5) is 0 Å². The van der Waals surface area contributed by atoms with Crippen molar-refractivity contribution in [2.45, 2.75) is 0 Å². The van der Waals surface area contributed by atoms with Crippen molar-refractivity contribution in [3.05, 3.63) is 24.3 Å². The first-order chi connectivity index (χ1) is 8.96. The first kappa shape index (κ1) is 16.6. The van der Waals surface area contributed by atoms with Crippen molar-refractivity contribution in [2.75, 3.05) is 13.5 Å². The molecular formula is C10H12N2O7. The number of aliphatic hydroxyl groups excluding tert-OH is 2. The van der Waals surface area contributed by atoms with Crippen LogP contribution in [0, 0.1) is 0 Å². The van der Waals surface area contributed by atoms with E-state index in [2.05, 4.69) is 10.5 Å². The van der Waals surface area contributed by atoms with Crippen molar-refractivity contribution in [1.82, 2.24) is 4.90 Å². The number of cyclic esters (lactones) is 2. The number of nitrogens with zero attached hydrogens (tertiary/aromatic N) is 1. The number of nitrogens with two attached hydrogens (primary N) is 1. The van der Waals surface area contributed by atoms with Crippen LogP contribution in [-0.2, 0) is 23.9 Å². The Morgan fingerprint density at radius 3 is 1.47 bits per heavy atom. The normalized spacial score (nSPS) is 15.8. The third-order valence-electron chi connectivity index (χ3n) is 1.60. The molecule has 0 bridgehead atoms. The van der Waals surface area contributed by atoms with Crippen LogP contribution in [0.2, 0.25) is 0 Å². The van der Waals surface area contributed by atoms with Crippen molar-refractivity contribution in [1.29, 1.82) is 0 Å². The van der Waals surface area contributed by atoms with E-state index in [-0.39, 0.29) is 6.73 Å². The quantitative estimate of drug-likeness (QED) is 0.203. The number of carbonyl (C=O) groups is 4. The average Bonchev–Trinajstić information content (AvgIpc) is 2.87. The Kier molecular flexibility index (Phi) is 7.61. The smallest absolute Gasteiger partial charge is 0.338 e. The molecule has 2 rings (SSSR count). The van der Waals surface area contributed by atoms with Crippen molar-refractivity contribution in [3.63, 3.8) is 0 Å². The molecule has 2 amide bonds. The summed E-state index contributed by atoms with van der Waals surface area (Å²) in [4.78, 5) is 41.5. The summed E-state index contributed by atoms with van der Waals surface area (Å²) in [6, 6.07) is 0. The fraction of sp³-hybridized carbons (Fsp3) is 0.200.